The Morgan fingerprint density at radius 3 is 2.94 bits per heavy atom. The predicted molar refractivity (Wildman–Crippen MR) is 64.4 cm³/mol. The molecule has 16 heavy (non-hydrogen) atoms. The molecule has 1 heterocycles. The van der Waals surface area contributed by atoms with E-state index in [1.54, 1.807) is 0 Å². The molecule has 4 nitrogen and oxygen atoms in total. The monoisotopic (exact) mass is 220 g/mol. The molecule has 1 fully saturated rings. The van der Waals surface area contributed by atoms with Crippen molar-refractivity contribution >= 4 is 5.84 Å². The number of hydrogen-bond donors (Lipinski definition) is 2. The van der Waals surface area contributed by atoms with Crippen LogP contribution in [0, 0.1) is 10.8 Å². The van der Waals surface area contributed by atoms with Gasteiger partial charge >= 0.3 is 0 Å². The summed E-state index contributed by atoms with van der Waals surface area (Å²) in [5.41, 5.74) is 5.76. The molecule has 0 unspecified atom stereocenters. The molecule has 0 amide bonds. The molecule has 3 N–H and O–H groups in total. The van der Waals surface area contributed by atoms with Gasteiger partial charge in [0.25, 0.3) is 0 Å². The summed E-state index contributed by atoms with van der Waals surface area (Å²) in [4.78, 5) is 4.38. The van der Waals surface area contributed by atoms with Crippen LogP contribution < -0.4 is 5.73 Å². The Bertz CT molecular complexity index is 376. The molecule has 0 radical (unpaired) electrons. The highest BCUT2D eigenvalue weighted by molar-refractivity contribution is 5.78. The number of amidine groups is 1. The minimum atomic E-state index is 0.259. The fourth-order valence-corrected chi connectivity index (χ4v) is 2.27. The van der Waals surface area contributed by atoms with Gasteiger partial charge in [0.1, 0.15) is 5.82 Å². The summed E-state index contributed by atoms with van der Waals surface area (Å²) in [7, 11) is 0. The standard InChI is InChI=1S/C12H20N4/c1-2-3-11-15-6-7-16(11)9-12(4-5-12)8-10(13)14/h6-7H,2-5,8-9H2,1H3,(H3,13,14). The molecule has 2 rings (SSSR count). The molecule has 0 aliphatic heterocycles. The van der Waals surface area contributed by atoms with E-state index < -0.39 is 0 Å². The van der Waals surface area contributed by atoms with Crippen LogP contribution in [0.25, 0.3) is 0 Å². The topological polar surface area (TPSA) is 67.7 Å². The molecule has 1 aliphatic rings. The molecule has 1 aromatic heterocycles. The molecule has 0 atom stereocenters. The highest BCUT2D eigenvalue weighted by Crippen LogP contribution is 2.50. The van der Waals surface area contributed by atoms with Crippen molar-refractivity contribution in [2.24, 2.45) is 11.1 Å². The SMILES string of the molecule is CCCc1nccn1CC1(CC(=N)N)CC1. The van der Waals surface area contributed by atoms with Gasteiger partial charge in [-0.05, 0) is 24.7 Å². The fraction of sp³-hybridized carbons (Fsp3) is 0.667. The molecule has 0 spiro atoms. The second-order valence-electron chi connectivity index (χ2n) is 4.92. The molecule has 1 aliphatic carbocycles. The smallest absolute Gasteiger partial charge is 0.108 e. The number of imidazole rings is 1. The maximum atomic E-state index is 7.41. The Kier molecular flexibility index (Phi) is 2.99. The van der Waals surface area contributed by atoms with E-state index in [1.807, 2.05) is 12.4 Å². The number of aromatic nitrogens is 2. The minimum Gasteiger partial charge on any atom is -0.388 e. The summed E-state index contributed by atoms with van der Waals surface area (Å²) in [6.07, 6.45) is 9.18. The molecule has 0 aromatic carbocycles. The zero-order valence-corrected chi connectivity index (χ0v) is 9.87. The Morgan fingerprint density at radius 2 is 2.38 bits per heavy atom. The molecule has 1 aromatic rings. The van der Waals surface area contributed by atoms with E-state index in [4.69, 9.17) is 11.1 Å². The van der Waals surface area contributed by atoms with Gasteiger partial charge < -0.3 is 10.3 Å². The van der Waals surface area contributed by atoms with Gasteiger partial charge in [0.15, 0.2) is 0 Å². The van der Waals surface area contributed by atoms with Gasteiger partial charge in [-0.1, -0.05) is 6.92 Å². The number of nitrogens with two attached hydrogens (primary N) is 1. The van der Waals surface area contributed by atoms with E-state index in [2.05, 4.69) is 16.5 Å². The van der Waals surface area contributed by atoms with Crippen LogP contribution >= 0.6 is 0 Å². The second-order valence-corrected chi connectivity index (χ2v) is 4.92. The number of nitrogens with zero attached hydrogens (tertiary/aromatic N) is 2. The predicted octanol–water partition coefficient (Wildman–Crippen LogP) is 1.94. The van der Waals surface area contributed by atoms with E-state index in [0.717, 1.165) is 31.6 Å². The van der Waals surface area contributed by atoms with Crippen molar-refractivity contribution in [1.82, 2.24) is 9.55 Å². The Morgan fingerprint density at radius 1 is 1.62 bits per heavy atom. The fourth-order valence-electron chi connectivity index (χ4n) is 2.27. The van der Waals surface area contributed by atoms with E-state index in [-0.39, 0.29) is 5.41 Å². The summed E-state index contributed by atoms with van der Waals surface area (Å²) >= 11 is 0. The third-order valence-corrected chi connectivity index (χ3v) is 3.30. The van der Waals surface area contributed by atoms with Crippen LogP contribution in [0.3, 0.4) is 0 Å². The normalized spacial score (nSPS) is 17.3. The molecule has 4 heteroatoms. The van der Waals surface area contributed by atoms with Crippen molar-refractivity contribution in [2.75, 3.05) is 0 Å². The lowest BCUT2D eigenvalue weighted by Gasteiger charge is -2.16. The summed E-state index contributed by atoms with van der Waals surface area (Å²) < 4.78 is 2.24. The third-order valence-electron chi connectivity index (χ3n) is 3.30. The van der Waals surface area contributed by atoms with Gasteiger partial charge in [0.2, 0.25) is 0 Å². The average Bonchev–Trinajstić information content (AvgIpc) is 2.80. The number of rotatable bonds is 6. The van der Waals surface area contributed by atoms with E-state index >= 15 is 0 Å². The first-order chi connectivity index (χ1) is 7.65. The quantitative estimate of drug-likeness (QED) is 0.568. The van der Waals surface area contributed by atoms with Crippen LogP contribution in [-0.2, 0) is 13.0 Å². The summed E-state index contributed by atoms with van der Waals surface area (Å²) in [5.74, 6) is 1.48. The van der Waals surface area contributed by atoms with Gasteiger partial charge in [-0.2, -0.15) is 0 Å². The van der Waals surface area contributed by atoms with Gasteiger partial charge in [0.05, 0.1) is 5.84 Å². The largest absolute Gasteiger partial charge is 0.388 e. The van der Waals surface area contributed by atoms with Crippen molar-refractivity contribution in [3.05, 3.63) is 18.2 Å². The van der Waals surface area contributed by atoms with Crippen LogP contribution in [0.4, 0.5) is 0 Å². The van der Waals surface area contributed by atoms with Crippen molar-refractivity contribution in [3.63, 3.8) is 0 Å². The molecule has 88 valence electrons. The first kappa shape index (κ1) is 11.2. The Labute approximate surface area is 96.4 Å². The molecule has 0 saturated heterocycles. The average molecular weight is 220 g/mol. The second kappa shape index (κ2) is 4.28. The van der Waals surface area contributed by atoms with Crippen LogP contribution in [0.5, 0.6) is 0 Å². The molecular weight excluding hydrogens is 200 g/mol. The van der Waals surface area contributed by atoms with Crippen LogP contribution in [-0.4, -0.2) is 15.4 Å². The lowest BCUT2D eigenvalue weighted by Crippen LogP contribution is -2.21. The van der Waals surface area contributed by atoms with Crippen LogP contribution in [0.2, 0.25) is 0 Å². The molecule has 1 saturated carbocycles. The minimum absolute atomic E-state index is 0.259. The first-order valence-electron chi connectivity index (χ1n) is 5.98. The first-order valence-corrected chi connectivity index (χ1v) is 5.98. The van der Waals surface area contributed by atoms with Crippen LogP contribution in [0.15, 0.2) is 12.4 Å². The number of nitrogens with one attached hydrogen (secondary N) is 1. The van der Waals surface area contributed by atoms with E-state index in [9.17, 15) is 0 Å². The summed E-state index contributed by atoms with van der Waals surface area (Å²) in [6.45, 7) is 3.14. The lowest BCUT2D eigenvalue weighted by molar-refractivity contribution is 0.425. The Balaban J connectivity index is 2.03. The van der Waals surface area contributed by atoms with Gasteiger partial charge in [-0.25, -0.2) is 4.98 Å². The van der Waals surface area contributed by atoms with Crippen molar-refractivity contribution in [2.45, 2.75) is 45.6 Å². The van der Waals surface area contributed by atoms with Gasteiger partial charge in [-0.3, -0.25) is 5.41 Å². The third kappa shape index (κ3) is 2.43. The number of aryl methyl sites for hydroxylation is 1. The maximum Gasteiger partial charge on any atom is 0.108 e. The molecule has 0 bridgehead atoms. The van der Waals surface area contributed by atoms with E-state index in [0.29, 0.717) is 5.84 Å². The highest BCUT2D eigenvalue weighted by Gasteiger charge is 2.43. The van der Waals surface area contributed by atoms with Crippen molar-refractivity contribution < 1.29 is 0 Å². The van der Waals surface area contributed by atoms with Crippen molar-refractivity contribution in [1.29, 1.82) is 5.41 Å². The number of hydrogen-bond acceptors (Lipinski definition) is 2. The Hall–Kier alpha value is -1.32. The highest BCUT2D eigenvalue weighted by atomic mass is 15.1. The molecular formula is C12H20N4. The van der Waals surface area contributed by atoms with Gasteiger partial charge in [0, 0.05) is 31.8 Å². The summed E-state index contributed by atoms with van der Waals surface area (Å²) in [5, 5.41) is 7.41. The zero-order chi connectivity index (χ0) is 11.6. The van der Waals surface area contributed by atoms with E-state index in [1.165, 1.54) is 12.8 Å². The summed E-state index contributed by atoms with van der Waals surface area (Å²) in [6, 6.07) is 0. The maximum absolute atomic E-state index is 7.41. The van der Waals surface area contributed by atoms with Crippen LogP contribution in [0.1, 0.15) is 38.4 Å². The van der Waals surface area contributed by atoms with Crippen molar-refractivity contribution in [3.8, 4) is 0 Å². The zero-order valence-electron chi connectivity index (χ0n) is 9.87. The lowest BCUT2D eigenvalue weighted by atomic mass is 10.0. The van der Waals surface area contributed by atoms with Gasteiger partial charge in [-0.15, -0.1) is 0 Å².